The van der Waals surface area contributed by atoms with E-state index >= 15 is 0 Å². The highest BCUT2D eigenvalue weighted by Crippen LogP contribution is 2.06. The molecule has 0 saturated carbocycles. The molecule has 0 aromatic heterocycles. The predicted octanol–water partition coefficient (Wildman–Crippen LogP) is 1.72. The van der Waals surface area contributed by atoms with Gasteiger partial charge in [-0.15, -0.1) is 0 Å². The van der Waals surface area contributed by atoms with E-state index in [0.29, 0.717) is 6.54 Å². The molecule has 0 unspecified atom stereocenters. The molecule has 14 heavy (non-hydrogen) atoms. The Hall–Kier alpha value is -1.06. The molecule has 0 spiro atoms. The highest BCUT2D eigenvalue weighted by molar-refractivity contribution is 5.41. The number of anilines is 1. The van der Waals surface area contributed by atoms with Crippen LogP contribution in [0.4, 0.5) is 5.69 Å². The minimum Gasteiger partial charge on any atom is -0.395 e. The molecule has 1 rings (SSSR count). The van der Waals surface area contributed by atoms with Crippen molar-refractivity contribution >= 4 is 5.69 Å². The normalized spacial score (nSPS) is 10.5. The van der Waals surface area contributed by atoms with E-state index in [4.69, 9.17) is 5.11 Å². The molecule has 0 radical (unpaired) electrons. The number of hydrogen-bond acceptors (Lipinski definition) is 3. The molecule has 0 aliphatic heterocycles. The third-order valence-electron chi connectivity index (χ3n) is 1.92. The first kappa shape index (κ1) is 11.0. The van der Waals surface area contributed by atoms with E-state index in [1.54, 1.807) is 0 Å². The van der Waals surface area contributed by atoms with Crippen LogP contribution in [0.5, 0.6) is 0 Å². The molecule has 1 aromatic carbocycles. The van der Waals surface area contributed by atoms with Gasteiger partial charge in [0, 0.05) is 18.8 Å². The molecule has 0 amide bonds. The lowest BCUT2D eigenvalue weighted by Crippen LogP contribution is -2.33. The molecule has 0 saturated heterocycles. The Morgan fingerprint density at radius 1 is 1.21 bits per heavy atom. The summed E-state index contributed by atoms with van der Waals surface area (Å²) < 4.78 is 0. The lowest BCUT2D eigenvalue weighted by molar-refractivity contribution is 0.220. The average Bonchev–Trinajstić information content (AvgIpc) is 2.20. The van der Waals surface area contributed by atoms with Crippen molar-refractivity contribution in [3.8, 4) is 0 Å². The minimum absolute atomic E-state index is 0.180. The lowest BCUT2D eigenvalue weighted by atomic mass is 10.3. The molecule has 0 atom stereocenters. The second-order valence-corrected chi connectivity index (χ2v) is 3.19. The zero-order valence-electron chi connectivity index (χ0n) is 8.61. The standard InChI is InChI=1S/C11H18N2O/c1-2-8-13(9-10-14)12-11-6-4-3-5-7-11/h3-7,12,14H,2,8-10H2,1H3. The Bertz CT molecular complexity index is 232. The largest absolute Gasteiger partial charge is 0.395 e. The number of hydrogen-bond donors (Lipinski definition) is 2. The van der Waals surface area contributed by atoms with Gasteiger partial charge in [-0.05, 0) is 18.6 Å². The second kappa shape index (κ2) is 6.40. The van der Waals surface area contributed by atoms with Crippen molar-refractivity contribution in [1.82, 2.24) is 5.01 Å². The summed E-state index contributed by atoms with van der Waals surface area (Å²) in [4.78, 5) is 0. The highest BCUT2D eigenvalue weighted by Gasteiger charge is 2.01. The van der Waals surface area contributed by atoms with Crippen LogP contribution in [0.3, 0.4) is 0 Å². The van der Waals surface area contributed by atoms with Crippen LogP contribution < -0.4 is 5.43 Å². The Balaban J connectivity index is 2.46. The predicted molar refractivity (Wildman–Crippen MR) is 59.0 cm³/mol. The summed E-state index contributed by atoms with van der Waals surface area (Å²) in [5.41, 5.74) is 4.32. The summed E-state index contributed by atoms with van der Waals surface area (Å²) in [6.07, 6.45) is 1.07. The van der Waals surface area contributed by atoms with Crippen LogP contribution in [0.1, 0.15) is 13.3 Å². The molecule has 0 aliphatic rings. The van der Waals surface area contributed by atoms with E-state index < -0.39 is 0 Å². The monoisotopic (exact) mass is 194 g/mol. The fourth-order valence-electron chi connectivity index (χ4n) is 1.31. The second-order valence-electron chi connectivity index (χ2n) is 3.19. The van der Waals surface area contributed by atoms with Crippen molar-refractivity contribution in [1.29, 1.82) is 0 Å². The smallest absolute Gasteiger partial charge is 0.0576 e. The van der Waals surface area contributed by atoms with Gasteiger partial charge in [-0.3, -0.25) is 0 Å². The Morgan fingerprint density at radius 3 is 2.50 bits per heavy atom. The van der Waals surface area contributed by atoms with E-state index in [2.05, 4.69) is 12.3 Å². The van der Waals surface area contributed by atoms with Gasteiger partial charge in [-0.2, -0.15) is 0 Å². The quantitative estimate of drug-likeness (QED) is 0.677. The number of rotatable bonds is 6. The summed E-state index contributed by atoms with van der Waals surface area (Å²) >= 11 is 0. The van der Waals surface area contributed by atoms with Crippen LogP contribution in [0.15, 0.2) is 30.3 Å². The maximum absolute atomic E-state index is 8.86. The van der Waals surface area contributed by atoms with Gasteiger partial charge >= 0.3 is 0 Å². The Kier molecular flexibility index (Phi) is 5.04. The van der Waals surface area contributed by atoms with Crippen LogP contribution in [0.2, 0.25) is 0 Å². The van der Waals surface area contributed by atoms with E-state index in [0.717, 1.165) is 18.7 Å². The van der Waals surface area contributed by atoms with Crippen LogP contribution in [0.25, 0.3) is 0 Å². The number of nitrogens with zero attached hydrogens (tertiary/aromatic N) is 1. The molecule has 0 bridgehead atoms. The summed E-state index contributed by atoms with van der Waals surface area (Å²) in [5, 5.41) is 10.9. The fraction of sp³-hybridized carbons (Fsp3) is 0.455. The molecule has 3 nitrogen and oxygen atoms in total. The summed E-state index contributed by atoms with van der Waals surface area (Å²) in [5.74, 6) is 0. The first-order valence-electron chi connectivity index (χ1n) is 5.04. The molecular formula is C11H18N2O. The first-order valence-corrected chi connectivity index (χ1v) is 5.04. The SMILES string of the molecule is CCCN(CCO)Nc1ccccc1. The highest BCUT2D eigenvalue weighted by atomic mass is 16.3. The summed E-state index contributed by atoms with van der Waals surface area (Å²) in [7, 11) is 0. The third kappa shape index (κ3) is 3.77. The topological polar surface area (TPSA) is 35.5 Å². The number of aliphatic hydroxyl groups is 1. The van der Waals surface area contributed by atoms with Crippen molar-refractivity contribution in [3.05, 3.63) is 30.3 Å². The van der Waals surface area contributed by atoms with Crippen molar-refractivity contribution < 1.29 is 5.11 Å². The molecule has 0 aliphatic carbocycles. The van der Waals surface area contributed by atoms with Crippen LogP contribution in [-0.2, 0) is 0 Å². The van der Waals surface area contributed by atoms with Crippen molar-refractivity contribution in [2.45, 2.75) is 13.3 Å². The number of hydrazine groups is 1. The van der Waals surface area contributed by atoms with E-state index in [9.17, 15) is 0 Å². The molecule has 0 fully saturated rings. The number of benzene rings is 1. The fourth-order valence-corrected chi connectivity index (χ4v) is 1.31. The zero-order valence-corrected chi connectivity index (χ0v) is 8.61. The Morgan fingerprint density at radius 2 is 1.93 bits per heavy atom. The third-order valence-corrected chi connectivity index (χ3v) is 1.92. The van der Waals surface area contributed by atoms with Gasteiger partial charge in [0.1, 0.15) is 0 Å². The van der Waals surface area contributed by atoms with Crippen molar-refractivity contribution in [2.24, 2.45) is 0 Å². The van der Waals surface area contributed by atoms with Gasteiger partial charge in [0.15, 0.2) is 0 Å². The molecule has 1 aromatic rings. The maximum atomic E-state index is 8.86. The van der Waals surface area contributed by atoms with Gasteiger partial charge in [0.05, 0.1) is 6.61 Å². The molecular weight excluding hydrogens is 176 g/mol. The first-order chi connectivity index (χ1) is 6.86. The molecule has 78 valence electrons. The van der Waals surface area contributed by atoms with E-state index in [-0.39, 0.29) is 6.61 Å². The lowest BCUT2D eigenvalue weighted by Gasteiger charge is -2.22. The summed E-state index contributed by atoms with van der Waals surface area (Å²) in [6, 6.07) is 10.00. The molecule has 2 N–H and O–H groups in total. The number of nitrogens with one attached hydrogen (secondary N) is 1. The average molecular weight is 194 g/mol. The van der Waals surface area contributed by atoms with Gasteiger partial charge in [0.25, 0.3) is 0 Å². The van der Waals surface area contributed by atoms with Gasteiger partial charge in [0.2, 0.25) is 0 Å². The number of aliphatic hydroxyl groups excluding tert-OH is 1. The number of para-hydroxylation sites is 1. The van der Waals surface area contributed by atoms with Gasteiger partial charge in [-0.1, -0.05) is 25.1 Å². The van der Waals surface area contributed by atoms with E-state index in [1.807, 2.05) is 35.3 Å². The van der Waals surface area contributed by atoms with Crippen LogP contribution in [-0.4, -0.2) is 29.8 Å². The van der Waals surface area contributed by atoms with Crippen LogP contribution in [0, 0.1) is 0 Å². The van der Waals surface area contributed by atoms with Crippen molar-refractivity contribution in [2.75, 3.05) is 25.1 Å². The Labute approximate surface area is 85.3 Å². The zero-order chi connectivity index (χ0) is 10.2. The van der Waals surface area contributed by atoms with Gasteiger partial charge in [-0.25, -0.2) is 5.01 Å². The van der Waals surface area contributed by atoms with Crippen LogP contribution >= 0.6 is 0 Å². The molecule has 3 heteroatoms. The minimum atomic E-state index is 0.180. The molecule has 0 heterocycles. The maximum Gasteiger partial charge on any atom is 0.0576 e. The van der Waals surface area contributed by atoms with Gasteiger partial charge < -0.3 is 10.5 Å². The van der Waals surface area contributed by atoms with Crippen molar-refractivity contribution in [3.63, 3.8) is 0 Å². The summed E-state index contributed by atoms with van der Waals surface area (Å²) in [6.45, 7) is 3.90. The van der Waals surface area contributed by atoms with E-state index in [1.165, 1.54) is 0 Å².